The summed E-state index contributed by atoms with van der Waals surface area (Å²) in [6.07, 6.45) is 6.88. The Morgan fingerprint density at radius 3 is 2.19 bits per heavy atom. The van der Waals surface area contributed by atoms with Crippen molar-refractivity contribution in [2.75, 3.05) is 32.6 Å². The van der Waals surface area contributed by atoms with Gasteiger partial charge in [0, 0.05) is 36.6 Å². The number of anilines is 1. The molecule has 0 unspecified atom stereocenters. The maximum Gasteiger partial charge on any atom is 0.243 e. The monoisotopic (exact) mass is 444 g/mol. The molecule has 2 aromatic carbocycles. The van der Waals surface area contributed by atoms with Crippen LogP contribution in [0.15, 0.2) is 59.6 Å². The number of rotatable bonds is 8. The molecule has 0 amide bonds. The predicted molar refractivity (Wildman–Crippen MR) is 120 cm³/mol. The molecule has 1 fully saturated rings. The van der Waals surface area contributed by atoms with Crippen molar-refractivity contribution < 1.29 is 22.7 Å². The topological polar surface area (TPSA) is 84.9 Å². The number of ether oxygens (including phenoxy) is 2. The molecule has 1 aliphatic rings. The van der Waals surface area contributed by atoms with Gasteiger partial charge < -0.3 is 14.8 Å². The van der Waals surface area contributed by atoms with Gasteiger partial charge in [0.25, 0.3) is 0 Å². The molecule has 0 atom stereocenters. The number of sulfonamides is 1. The molecule has 0 bridgehead atoms. The molecule has 1 heterocycles. The molecule has 8 heteroatoms. The van der Waals surface area contributed by atoms with Crippen LogP contribution in [0.25, 0.3) is 0 Å². The number of hydrogen-bond acceptors (Lipinski definition) is 6. The second-order valence-electron chi connectivity index (χ2n) is 7.25. The van der Waals surface area contributed by atoms with Crippen LogP contribution in [0.5, 0.6) is 11.5 Å². The van der Waals surface area contributed by atoms with Gasteiger partial charge in [0.15, 0.2) is 17.3 Å². The average molecular weight is 445 g/mol. The fourth-order valence-corrected chi connectivity index (χ4v) is 4.97. The van der Waals surface area contributed by atoms with Gasteiger partial charge in [-0.15, -0.1) is 0 Å². The Hall–Kier alpha value is -2.84. The molecule has 31 heavy (non-hydrogen) atoms. The molecule has 0 saturated carbocycles. The van der Waals surface area contributed by atoms with E-state index in [9.17, 15) is 13.2 Å². The summed E-state index contributed by atoms with van der Waals surface area (Å²) in [5.74, 6) is 0.834. The summed E-state index contributed by atoms with van der Waals surface area (Å²) in [5.41, 5.74) is 1.15. The summed E-state index contributed by atoms with van der Waals surface area (Å²) >= 11 is 0. The molecule has 1 aliphatic heterocycles. The van der Waals surface area contributed by atoms with Gasteiger partial charge in [-0.2, -0.15) is 4.31 Å². The van der Waals surface area contributed by atoms with Crippen molar-refractivity contribution in [2.45, 2.75) is 30.6 Å². The molecule has 0 aromatic heterocycles. The second-order valence-corrected chi connectivity index (χ2v) is 9.19. The minimum Gasteiger partial charge on any atom is -0.493 e. The number of carbonyl (C=O) groups is 1. The Morgan fingerprint density at radius 2 is 1.58 bits per heavy atom. The largest absolute Gasteiger partial charge is 0.493 e. The maximum atomic E-state index is 12.8. The fraction of sp³-hybridized carbons (Fsp3) is 0.348. The molecule has 1 N–H and O–H groups in total. The van der Waals surface area contributed by atoms with E-state index in [1.807, 2.05) is 0 Å². The Kier molecular flexibility index (Phi) is 7.70. The van der Waals surface area contributed by atoms with Crippen LogP contribution < -0.4 is 14.8 Å². The Morgan fingerprint density at radius 1 is 0.935 bits per heavy atom. The molecular weight excluding hydrogens is 416 g/mol. The van der Waals surface area contributed by atoms with Gasteiger partial charge in [-0.1, -0.05) is 12.8 Å². The Balaban J connectivity index is 1.63. The van der Waals surface area contributed by atoms with Crippen molar-refractivity contribution in [1.82, 2.24) is 4.31 Å². The first-order chi connectivity index (χ1) is 15.0. The van der Waals surface area contributed by atoms with Crippen molar-refractivity contribution >= 4 is 21.5 Å². The summed E-state index contributed by atoms with van der Waals surface area (Å²) in [6.45, 7) is 1.15. The predicted octanol–water partition coefficient (Wildman–Crippen LogP) is 4.08. The molecule has 0 aliphatic carbocycles. The zero-order valence-corrected chi connectivity index (χ0v) is 18.7. The van der Waals surface area contributed by atoms with E-state index in [1.165, 1.54) is 26.5 Å². The van der Waals surface area contributed by atoms with Gasteiger partial charge in [0.2, 0.25) is 10.0 Å². The summed E-state index contributed by atoms with van der Waals surface area (Å²) in [6, 6.07) is 11.5. The normalized spacial score (nSPS) is 15.4. The minimum atomic E-state index is -3.47. The number of carbonyl (C=O) groups excluding carboxylic acids is 1. The number of allylic oxidation sites excluding steroid dienone is 1. The highest BCUT2D eigenvalue weighted by molar-refractivity contribution is 7.89. The fourth-order valence-electron chi connectivity index (χ4n) is 3.45. The molecule has 2 aromatic rings. The van der Waals surface area contributed by atoms with Gasteiger partial charge in [-0.05, 0) is 55.3 Å². The summed E-state index contributed by atoms with van der Waals surface area (Å²) in [4.78, 5) is 12.7. The van der Waals surface area contributed by atoms with Crippen molar-refractivity contribution in [1.29, 1.82) is 0 Å². The summed E-state index contributed by atoms with van der Waals surface area (Å²) in [5, 5.41) is 3.00. The summed E-state index contributed by atoms with van der Waals surface area (Å²) < 4.78 is 37.6. The first-order valence-electron chi connectivity index (χ1n) is 10.3. The standard InChI is InChI=1S/C23H28N2O5S/c1-29-22-12-7-18(17-23(22)30-2)21(26)13-14-24-19-8-10-20(11-9-19)31(27,28)25-15-5-3-4-6-16-25/h7-14,17,24H,3-6,15-16H2,1-2H3. The molecule has 0 spiro atoms. The van der Waals surface area contributed by atoms with Gasteiger partial charge >= 0.3 is 0 Å². The number of nitrogens with one attached hydrogen (secondary N) is 1. The molecule has 1 saturated heterocycles. The molecule has 7 nitrogen and oxygen atoms in total. The number of ketones is 1. The van der Waals surface area contributed by atoms with Crippen LogP contribution in [-0.2, 0) is 10.0 Å². The number of methoxy groups -OCH3 is 2. The van der Waals surface area contributed by atoms with E-state index in [0.29, 0.717) is 35.8 Å². The highest BCUT2D eigenvalue weighted by atomic mass is 32.2. The van der Waals surface area contributed by atoms with E-state index in [-0.39, 0.29) is 10.7 Å². The quantitative estimate of drug-likeness (QED) is 0.488. The van der Waals surface area contributed by atoms with Crippen LogP contribution in [0.1, 0.15) is 36.0 Å². The van der Waals surface area contributed by atoms with E-state index in [1.54, 1.807) is 46.8 Å². The first kappa shape index (κ1) is 22.8. The number of nitrogens with zero attached hydrogens (tertiary/aromatic N) is 1. The third kappa shape index (κ3) is 5.65. The lowest BCUT2D eigenvalue weighted by Gasteiger charge is -2.20. The van der Waals surface area contributed by atoms with E-state index in [0.717, 1.165) is 25.7 Å². The van der Waals surface area contributed by atoms with Crippen LogP contribution in [-0.4, -0.2) is 45.8 Å². The molecule has 3 rings (SSSR count). The average Bonchev–Trinajstić information content (AvgIpc) is 3.09. The van der Waals surface area contributed by atoms with Crippen LogP contribution in [0, 0.1) is 0 Å². The molecule has 166 valence electrons. The first-order valence-corrected chi connectivity index (χ1v) is 11.7. The highest BCUT2D eigenvalue weighted by Crippen LogP contribution is 2.28. The lowest BCUT2D eigenvalue weighted by atomic mass is 10.1. The third-order valence-electron chi connectivity index (χ3n) is 5.21. The van der Waals surface area contributed by atoms with Crippen molar-refractivity contribution in [3.8, 4) is 11.5 Å². The van der Waals surface area contributed by atoms with E-state index < -0.39 is 10.0 Å². The zero-order valence-electron chi connectivity index (χ0n) is 17.8. The number of benzene rings is 2. The van der Waals surface area contributed by atoms with Gasteiger partial charge in [-0.3, -0.25) is 4.79 Å². The third-order valence-corrected chi connectivity index (χ3v) is 7.12. The van der Waals surface area contributed by atoms with E-state index >= 15 is 0 Å². The zero-order chi connectivity index (χ0) is 22.3. The van der Waals surface area contributed by atoms with Crippen LogP contribution >= 0.6 is 0 Å². The minimum absolute atomic E-state index is 0.200. The van der Waals surface area contributed by atoms with Crippen LogP contribution in [0.4, 0.5) is 5.69 Å². The Labute approximate surface area is 183 Å². The number of hydrogen-bond donors (Lipinski definition) is 1. The SMILES string of the molecule is COc1ccc(C(=O)C=CNc2ccc(S(=O)(=O)N3CCCCCC3)cc2)cc1OC. The van der Waals surface area contributed by atoms with Gasteiger partial charge in [0.05, 0.1) is 19.1 Å². The summed E-state index contributed by atoms with van der Waals surface area (Å²) in [7, 11) is -0.424. The van der Waals surface area contributed by atoms with Crippen molar-refractivity contribution in [3.63, 3.8) is 0 Å². The highest BCUT2D eigenvalue weighted by Gasteiger charge is 2.24. The van der Waals surface area contributed by atoms with Crippen LogP contribution in [0.2, 0.25) is 0 Å². The van der Waals surface area contributed by atoms with E-state index in [2.05, 4.69) is 5.32 Å². The lowest BCUT2D eigenvalue weighted by molar-refractivity contribution is 0.104. The second kappa shape index (κ2) is 10.5. The lowest BCUT2D eigenvalue weighted by Crippen LogP contribution is -2.31. The molecular formula is C23H28N2O5S. The Bertz CT molecular complexity index is 1020. The van der Waals surface area contributed by atoms with E-state index in [4.69, 9.17) is 9.47 Å². The van der Waals surface area contributed by atoms with Crippen molar-refractivity contribution in [2.24, 2.45) is 0 Å². The molecule has 0 radical (unpaired) electrons. The van der Waals surface area contributed by atoms with Gasteiger partial charge in [0.1, 0.15) is 0 Å². The maximum absolute atomic E-state index is 12.8. The smallest absolute Gasteiger partial charge is 0.243 e. The van der Waals surface area contributed by atoms with Crippen LogP contribution in [0.3, 0.4) is 0 Å². The van der Waals surface area contributed by atoms with Gasteiger partial charge in [-0.25, -0.2) is 8.42 Å². The van der Waals surface area contributed by atoms with Crippen molar-refractivity contribution in [3.05, 3.63) is 60.3 Å².